The van der Waals surface area contributed by atoms with E-state index >= 15 is 0 Å². The van der Waals surface area contributed by atoms with E-state index in [1.165, 1.54) is 60.5 Å². The summed E-state index contributed by atoms with van der Waals surface area (Å²) < 4.78 is 0. The van der Waals surface area contributed by atoms with Crippen LogP contribution in [0.1, 0.15) is 25.0 Å². The van der Waals surface area contributed by atoms with Gasteiger partial charge in [-0.1, -0.05) is 105 Å². The SMILES string of the molecule is CC1(C)c2cc(-c3ccc(-c4cccc5cccnc45)cc3)cc3ccc4cc(-c5ccc(N(c6ccccc6)c6cccnc6)cc5)cc1c4c23. The van der Waals surface area contributed by atoms with Gasteiger partial charge in [0.1, 0.15) is 0 Å². The molecule has 0 unspecified atom stereocenters. The molecule has 52 heavy (non-hydrogen) atoms. The van der Waals surface area contributed by atoms with Gasteiger partial charge >= 0.3 is 0 Å². The average molecular weight is 666 g/mol. The summed E-state index contributed by atoms with van der Waals surface area (Å²) in [5.41, 5.74) is 14.1. The van der Waals surface area contributed by atoms with E-state index in [2.05, 4.69) is 174 Å². The fourth-order valence-corrected chi connectivity index (χ4v) is 8.29. The summed E-state index contributed by atoms with van der Waals surface area (Å²) >= 11 is 0. The second-order valence-corrected chi connectivity index (χ2v) is 14.3. The average Bonchev–Trinajstić information content (AvgIpc) is 3.44. The van der Waals surface area contributed by atoms with Crippen molar-refractivity contribution in [2.75, 3.05) is 4.90 Å². The zero-order valence-electron chi connectivity index (χ0n) is 29.1. The summed E-state index contributed by atoms with van der Waals surface area (Å²) in [7, 11) is 0. The summed E-state index contributed by atoms with van der Waals surface area (Å²) in [4.78, 5) is 11.3. The van der Waals surface area contributed by atoms with E-state index < -0.39 is 0 Å². The minimum Gasteiger partial charge on any atom is -0.309 e. The van der Waals surface area contributed by atoms with Crippen LogP contribution in [0.3, 0.4) is 0 Å². The normalized spacial score (nSPS) is 13.0. The fraction of sp³-hybridized carbons (Fsp3) is 0.0612. The van der Waals surface area contributed by atoms with Crippen LogP contribution in [0.2, 0.25) is 0 Å². The molecule has 0 bridgehead atoms. The van der Waals surface area contributed by atoms with Crippen LogP contribution in [-0.2, 0) is 5.41 Å². The van der Waals surface area contributed by atoms with E-state index in [1.54, 1.807) is 0 Å². The second kappa shape index (κ2) is 11.8. The highest BCUT2D eigenvalue weighted by molar-refractivity contribution is 6.16. The van der Waals surface area contributed by atoms with Gasteiger partial charge in [-0.15, -0.1) is 0 Å². The Hall–Kier alpha value is -6.58. The molecule has 0 atom stereocenters. The van der Waals surface area contributed by atoms with Crippen LogP contribution in [0.4, 0.5) is 17.1 Å². The molecule has 1 aliphatic rings. The molecule has 0 N–H and O–H groups in total. The van der Waals surface area contributed by atoms with Gasteiger partial charge < -0.3 is 4.90 Å². The number of nitrogens with zero attached hydrogens (tertiary/aromatic N) is 3. The first-order valence-corrected chi connectivity index (χ1v) is 17.9. The van der Waals surface area contributed by atoms with E-state index in [0.29, 0.717) is 0 Å². The van der Waals surface area contributed by atoms with Gasteiger partial charge in [0.2, 0.25) is 0 Å². The van der Waals surface area contributed by atoms with Gasteiger partial charge in [0.15, 0.2) is 0 Å². The zero-order valence-corrected chi connectivity index (χ0v) is 29.1. The lowest BCUT2D eigenvalue weighted by Crippen LogP contribution is -2.15. The number of fused-ring (bicyclic) bond motifs is 1. The lowest BCUT2D eigenvalue weighted by atomic mass is 9.80. The number of hydrogen-bond donors (Lipinski definition) is 0. The number of anilines is 3. The number of para-hydroxylation sites is 2. The molecule has 0 spiro atoms. The first-order valence-electron chi connectivity index (χ1n) is 17.9. The molecule has 0 radical (unpaired) electrons. The fourth-order valence-electron chi connectivity index (χ4n) is 8.29. The lowest BCUT2D eigenvalue weighted by Gasteiger charge is -2.25. The molecule has 0 amide bonds. The maximum absolute atomic E-state index is 4.69. The predicted molar refractivity (Wildman–Crippen MR) is 218 cm³/mol. The van der Waals surface area contributed by atoms with Crippen LogP contribution in [0.5, 0.6) is 0 Å². The van der Waals surface area contributed by atoms with Crippen molar-refractivity contribution in [3.63, 3.8) is 0 Å². The number of hydrogen-bond acceptors (Lipinski definition) is 3. The Labute approximate surface area is 303 Å². The topological polar surface area (TPSA) is 29.0 Å². The molecule has 0 fully saturated rings. The molecule has 9 aromatic rings. The molecule has 0 saturated carbocycles. The molecule has 1 aliphatic carbocycles. The summed E-state index contributed by atoms with van der Waals surface area (Å²) in [5.74, 6) is 0. The number of aromatic nitrogens is 2. The van der Waals surface area contributed by atoms with E-state index in [0.717, 1.165) is 33.5 Å². The van der Waals surface area contributed by atoms with E-state index in [-0.39, 0.29) is 5.41 Å². The standard InChI is InChI=1S/C49H35N3/c1-49(2)44-29-38(32-15-17-34(18-16-32)43-14-6-9-35-10-7-26-51-48(35)43)27-36-19-20-37-28-39(30-45(49)47(37)46(36)44)33-21-23-41(24-22-33)52(40-11-4-3-5-12-40)42-13-8-25-50-31-42/h3-31H,1-2H3. The zero-order chi connectivity index (χ0) is 34.8. The van der Waals surface area contributed by atoms with Gasteiger partial charge in [-0.05, 0) is 127 Å². The predicted octanol–water partition coefficient (Wildman–Crippen LogP) is 13.0. The largest absolute Gasteiger partial charge is 0.309 e. The Balaban J connectivity index is 1.01. The molecule has 2 heterocycles. The summed E-state index contributed by atoms with van der Waals surface area (Å²) in [6, 6.07) is 57.2. The monoisotopic (exact) mass is 665 g/mol. The molecule has 3 nitrogen and oxygen atoms in total. The maximum Gasteiger partial charge on any atom is 0.0780 e. The van der Waals surface area contributed by atoms with Crippen LogP contribution in [0.15, 0.2) is 176 Å². The highest BCUT2D eigenvalue weighted by Crippen LogP contribution is 2.51. The molecule has 2 aromatic heterocycles. The van der Waals surface area contributed by atoms with Gasteiger partial charge in [-0.2, -0.15) is 0 Å². The lowest BCUT2D eigenvalue weighted by molar-refractivity contribution is 0.663. The van der Waals surface area contributed by atoms with Crippen molar-refractivity contribution in [3.05, 3.63) is 187 Å². The van der Waals surface area contributed by atoms with Crippen molar-refractivity contribution >= 4 is 49.5 Å². The third-order valence-electron chi connectivity index (χ3n) is 10.9. The van der Waals surface area contributed by atoms with Crippen molar-refractivity contribution in [2.24, 2.45) is 0 Å². The molecular weight excluding hydrogens is 631 g/mol. The quantitative estimate of drug-likeness (QED) is 0.166. The Morgan fingerprint density at radius 2 is 1.02 bits per heavy atom. The van der Waals surface area contributed by atoms with Crippen LogP contribution in [0.25, 0.3) is 65.8 Å². The molecular formula is C49H35N3. The molecule has 10 rings (SSSR count). The van der Waals surface area contributed by atoms with E-state index in [1.807, 2.05) is 30.7 Å². The molecule has 3 heteroatoms. The number of pyridine rings is 2. The van der Waals surface area contributed by atoms with Crippen molar-refractivity contribution < 1.29 is 0 Å². The Morgan fingerprint density at radius 3 is 1.67 bits per heavy atom. The van der Waals surface area contributed by atoms with Crippen molar-refractivity contribution in [1.29, 1.82) is 0 Å². The van der Waals surface area contributed by atoms with Crippen LogP contribution in [-0.4, -0.2) is 9.97 Å². The van der Waals surface area contributed by atoms with Gasteiger partial charge in [-0.25, -0.2) is 0 Å². The van der Waals surface area contributed by atoms with Crippen molar-refractivity contribution in [1.82, 2.24) is 9.97 Å². The van der Waals surface area contributed by atoms with E-state index in [4.69, 9.17) is 0 Å². The first-order chi connectivity index (χ1) is 25.5. The summed E-state index contributed by atoms with van der Waals surface area (Å²) in [6.07, 6.45) is 5.60. The van der Waals surface area contributed by atoms with Gasteiger partial charge in [0.25, 0.3) is 0 Å². The smallest absolute Gasteiger partial charge is 0.0780 e. The minimum absolute atomic E-state index is 0.148. The van der Waals surface area contributed by atoms with Crippen molar-refractivity contribution in [2.45, 2.75) is 19.3 Å². The van der Waals surface area contributed by atoms with Gasteiger partial charge in [0.05, 0.1) is 17.4 Å². The maximum atomic E-state index is 4.69. The molecule has 0 aliphatic heterocycles. The summed E-state index contributed by atoms with van der Waals surface area (Å²) in [6.45, 7) is 4.77. The second-order valence-electron chi connectivity index (χ2n) is 14.3. The number of rotatable bonds is 6. The third-order valence-corrected chi connectivity index (χ3v) is 10.9. The highest BCUT2D eigenvalue weighted by atomic mass is 15.1. The molecule has 246 valence electrons. The Kier molecular flexibility index (Phi) is 6.84. The van der Waals surface area contributed by atoms with Gasteiger partial charge in [0, 0.05) is 40.1 Å². The van der Waals surface area contributed by atoms with Crippen LogP contribution < -0.4 is 4.90 Å². The Bertz CT molecular complexity index is 2740. The van der Waals surface area contributed by atoms with Gasteiger partial charge in [-0.3, -0.25) is 9.97 Å². The van der Waals surface area contributed by atoms with E-state index in [9.17, 15) is 0 Å². The highest BCUT2D eigenvalue weighted by Gasteiger charge is 2.35. The first kappa shape index (κ1) is 30.3. The molecule has 7 aromatic carbocycles. The third kappa shape index (κ3) is 4.81. The van der Waals surface area contributed by atoms with Crippen LogP contribution >= 0.6 is 0 Å². The number of benzene rings is 7. The van der Waals surface area contributed by atoms with Crippen molar-refractivity contribution in [3.8, 4) is 33.4 Å². The summed E-state index contributed by atoms with van der Waals surface area (Å²) in [5, 5.41) is 6.51. The van der Waals surface area contributed by atoms with Crippen LogP contribution in [0, 0.1) is 0 Å². The molecule has 0 saturated heterocycles. The minimum atomic E-state index is -0.148. The Morgan fingerprint density at radius 1 is 0.442 bits per heavy atom.